The van der Waals surface area contributed by atoms with Crippen LogP contribution < -0.4 is 10.1 Å². The molecule has 0 amide bonds. The molecule has 0 radical (unpaired) electrons. The van der Waals surface area contributed by atoms with Gasteiger partial charge in [0.2, 0.25) is 0 Å². The van der Waals surface area contributed by atoms with Crippen molar-refractivity contribution in [3.05, 3.63) is 28.8 Å². The molecule has 82 valence electrons. The van der Waals surface area contributed by atoms with Crippen molar-refractivity contribution < 1.29 is 9.84 Å². The van der Waals surface area contributed by atoms with Gasteiger partial charge in [-0.05, 0) is 37.1 Å². The second-order valence-electron chi connectivity index (χ2n) is 4.27. The van der Waals surface area contributed by atoms with E-state index < -0.39 is 5.60 Å². The van der Waals surface area contributed by atoms with E-state index in [4.69, 9.17) is 4.74 Å². The van der Waals surface area contributed by atoms with Crippen LogP contribution in [0.15, 0.2) is 12.1 Å². The van der Waals surface area contributed by atoms with E-state index in [1.807, 2.05) is 26.0 Å². The maximum Gasteiger partial charge on any atom is 0.125 e. The molecule has 0 spiro atoms. The summed E-state index contributed by atoms with van der Waals surface area (Å²) in [4.78, 5) is 0. The lowest BCUT2D eigenvalue weighted by atomic mass is 9.86. The van der Waals surface area contributed by atoms with Crippen molar-refractivity contribution in [3.63, 3.8) is 0 Å². The average Bonchev–Trinajstić information content (AvgIpc) is 2.18. The van der Waals surface area contributed by atoms with Gasteiger partial charge in [-0.2, -0.15) is 0 Å². The van der Waals surface area contributed by atoms with Crippen LogP contribution in [0.4, 0.5) is 0 Å². The molecule has 0 atom stereocenters. The Bertz CT molecular complexity index is 383. The quantitative estimate of drug-likeness (QED) is 0.763. The number of benzene rings is 1. The number of ether oxygens (including phenoxy) is 1. The summed E-state index contributed by atoms with van der Waals surface area (Å²) in [5, 5.41) is 13.3. The van der Waals surface area contributed by atoms with Crippen LogP contribution in [-0.4, -0.2) is 25.3 Å². The Morgan fingerprint density at radius 3 is 2.33 bits per heavy atom. The fourth-order valence-corrected chi connectivity index (χ4v) is 1.87. The molecule has 15 heavy (non-hydrogen) atoms. The molecule has 0 unspecified atom stereocenters. The molecule has 1 aliphatic heterocycles. The van der Waals surface area contributed by atoms with Crippen molar-refractivity contribution in [2.75, 3.05) is 20.2 Å². The van der Waals surface area contributed by atoms with E-state index in [0.717, 1.165) is 11.3 Å². The zero-order valence-corrected chi connectivity index (χ0v) is 9.42. The first-order valence-corrected chi connectivity index (χ1v) is 5.15. The highest BCUT2D eigenvalue weighted by Crippen LogP contribution is 2.34. The molecule has 3 heteroatoms. The van der Waals surface area contributed by atoms with Gasteiger partial charge in [0.1, 0.15) is 11.4 Å². The van der Waals surface area contributed by atoms with E-state index >= 15 is 0 Å². The lowest BCUT2D eigenvalue weighted by molar-refractivity contribution is -0.0165. The molecular formula is C12H17NO2. The minimum Gasteiger partial charge on any atom is -0.496 e. The maximum atomic E-state index is 10.3. The van der Waals surface area contributed by atoms with E-state index in [2.05, 4.69) is 5.32 Å². The predicted octanol–water partition coefficient (Wildman–Crippen LogP) is 1.10. The normalized spacial score (nSPS) is 18.4. The molecule has 3 nitrogen and oxygen atoms in total. The van der Waals surface area contributed by atoms with E-state index in [9.17, 15) is 5.11 Å². The summed E-state index contributed by atoms with van der Waals surface area (Å²) in [6.45, 7) is 5.30. The number of methoxy groups -OCH3 is 1. The first kappa shape index (κ1) is 10.5. The number of hydrogen-bond acceptors (Lipinski definition) is 3. The number of rotatable bonds is 2. The van der Waals surface area contributed by atoms with Crippen molar-refractivity contribution in [1.82, 2.24) is 5.32 Å². The first-order chi connectivity index (χ1) is 7.07. The Balaban J connectivity index is 2.49. The van der Waals surface area contributed by atoms with Gasteiger partial charge in [0.05, 0.1) is 7.11 Å². The minimum absolute atomic E-state index is 0.603. The third-order valence-electron chi connectivity index (χ3n) is 3.15. The smallest absolute Gasteiger partial charge is 0.125 e. The molecule has 1 saturated heterocycles. The summed E-state index contributed by atoms with van der Waals surface area (Å²) in [6, 6.07) is 4.01. The highest BCUT2D eigenvalue weighted by Gasteiger charge is 2.38. The molecule has 1 aromatic rings. The molecule has 1 aliphatic rings. The molecule has 0 aromatic heterocycles. The van der Waals surface area contributed by atoms with Gasteiger partial charge in [-0.1, -0.05) is 0 Å². The third kappa shape index (κ3) is 1.62. The molecule has 1 heterocycles. The van der Waals surface area contributed by atoms with Crippen LogP contribution in [0.2, 0.25) is 0 Å². The first-order valence-electron chi connectivity index (χ1n) is 5.15. The van der Waals surface area contributed by atoms with Crippen molar-refractivity contribution in [2.45, 2.75) is 19.4 Å². The second-order valence-corrected chi connectivity index (χ2v) is 4.27. The number of nitrogens with one attached hydrogen (secondary N) is 1. The van der Waals surface area contributed by atoms with Crippen LogP contribution in [0.3, 0.4) is 0 Å². The van der Waals surface area contributed by atoms with Crippen LogP contribution >= 0.6 is 0 Å². The Labute approximate surface area is 90.1 Å². The SMILES string of the molecule is COc1cc(C)c(C)cc1C1(O)CNC1. The summed E-state index contributed by atoms with van der Waals surface area (Å²) in [5.41, 5.74) is 2.52. The Morgan fingerprint density at radius 2 is 1.87 bits per heavy atom. The fraction of sp³-hybridized carbons (Fsp3) is 0.500. The number of β-amino-alcohol motifs (C(OH)–C–C–N with tert-alkyl or cyclic N) is 1. The van der Waals surface area contributed by atoms with E-state index in [1.54, 1.807) is 7.11 Å². The molecule has 0 bridgehead atoms. The summed E-state index contributed by atoms with van der Waals surface area (Å²) in [6.07, 6.45) is 0. The highest BCUT2D eigenvalue weighted by molar-refractivity contribution is 5.46. The van der Waals surface area contributed by atoms with Gasteiger partial charge in [0.15, 0.2) is 0 Å². The molecule has 0 saturated carbocycles. The Morgan fingerprint density at radius 1 is 1.27 bits per heavy atom. The predicted molar refractivity (Wildman–Crippen MR) is 59.2 cm³/mol. The van der Waals surface area contributed by atoms with Crippen LogP contribution in [0.5, 0.6) is 5.75 Å². The van der Waals surface area contributed by atoms with Crippen molar-refractivity contribution in [3.8, 4) is 5.75 Å². The summed E-state index contributed by atoms with van der Waals surface area (Å²) in [5.74, 6) is 0.780. The number of aryl methyl sites for hydroxylation is 2. The van der Waals surface area contributed by atoms with Gasteiger partial charge < -0.3 is 15.2 Å². The molecule has 1 aromatic carbocycles. The van der Waals surface area contributed by atoms with Crippen molar-refractivity contribution in [1.29, 1.82) is 0 Å². The Kier molecular flexibility index (Phi) is 2.44. The monoisotopic (exact) mass is 207 g/mol. The summed E-state index contributed by atoms with van der Waals surface area (Å²) < 4.78 is 5.32. The third-order valence-corrected chi connectivity index (χ3v) is 3.15. The largest absolute Gasteiger partial charge is 0.496 e. The molecule has 2 rings (SSSR count). The van der Waals surface area contributed by atoms with E-state index in [1.165, 1.54) is 11.1 Å². The van der Waals surface area contributed by atoms with Crippen LogP contribution in [0.25, 0.3) is 0 Å². The van der Waals surface area contributed by atoms with Crippen LogP contribution in [-0.2, 0) is 5.60 Å². The zero-order valence-electron chi connectivity index (χ0n) is 9.42. The van der Waals surface area contributed by atoms with Gasteiger partial charge in [0, 0.05) is 18.7 Å². The fourth-order valence-electron chi connectivity index (χ4n) is 1.87. The summed E-state index contributed by atoms with van der Waals surface area (Å²) in [7, 11) is 1.64. The number of hydrogen-bond donors (Lipinski definition) is 2. The van der Waals surface area contributed by atoms with E-state index in [0.29, 0.717) is 13.1 Å². The topological polar surface area (TPSA) is 41.5 Å². The van der Waals surface area contributed by atoms with Crippen molar-refractivity contribution >= 4 is 0 Å². The van der Waals surface area contributed by atoms with Gasteiger partial charge >= 0.3 is 0 Å². The summed E-state index contributed by atoms with van der Waals surface area (Å²) >= 11 is 0. The van der Waals surface area contributed by atoms with Crippen LogP contribution in [0, 0.1) is 13.8 Å². The molecular weight excluding hydrogens is 190 g/mol. The average molecular weight is 207 g/mol. The zero-order chi connectivity index (χ0) is 11.1. The lowest BCUT2D eigenvalue weighted by Gasteiger charge is -2.39. The maximum absolute atomic E-state index is 10.3. The molecule has 1 fully saturated rings. The van der Waals surface area contributed by atoms with Crippen LogP contribution in [0.1, 0.15) is 16.7 Å². The molecule has 0 aliphatic carbocycles. The van der Waals surface area contributed by atoms with Gasteiger partial charge in [0.25, 0.3) is 0 Å². The highest BCUT2D eigenvalue weighted by atomic mass is 16.5. The standard InChI is InChI=1S/C12H17NO2/c1-8-4-10(12(14)6-13-7-12)11(15-3)5-9(8)2/h4-5,13-14H,6-7H2,1-3H3. The lowest BCUT2D eigenvalue weighted by Crippen LogP contribution is -2.56. The van der Waals surface area contributed by atoms with Crippen molar-refractivity contribution in [2.24, 2.45) is 0 Å². The van der Waals surface area contributed by atoms with Gasteiger partial charge in [-0.25, -0.2) is 0 Å². The minimum atomic E-state index is -0.746. The van der Waals surface area contributed by atoms with E-state index in [-0.39, 0.29) is 0 Å². The van der Waals surface area contributed by atoms with Gasteiger partial charge in [-0.3, -0.25) is 0 Å². The van der Waals surface area contributed by atoms with Gasteiger partial charge in [-0.15, -0.1) is 0 Å². The Hall–Kier alpha value is -1.06. The molecule has 2 N–H and O–H groups in total. The number of aliphatic hydroxyl groups is 1. The second kappa shape index (κ2) is 3.51.